The summed E-state index contributed by atoms with van der Waals surface area (Å²) < 4.78 is 0. The maximum atomic E-state index is 11.6. The van der Waals surface area contributed by atoms with Gasteiger partial charge in [-0.1, -0.05) is 23.7 Å². The normalized spacial score (nSPS) is 12.5. The van der Waals surface area contributed by atoms with Gasteiger partial charge in [0.05, 0.1) is 6.04 Å². The average Bonchev–Trinajstić information content (AvgIpc) is 2.22. The van der Waals surface area contributed by atoms with Crippen molar-refractivity contribution in [3.63, 3.8) is 0 Å². The zero-order valence-corrected chi connectivity index (χ0v) is 10.1. The summed E-state index contributed by atoms with van der Waals surface area (Å²) in [5, 5.41) is 3.68. The van der Waals surface area contributed by atoms with Crippen molar-refractivity contribution in [2.45, 2.75) is 26.3 Å². The van der Waals surface area contributed by atoms with Crippen molar-refractivity contribution in [3.05, 3.63) is 34.3 Å². The third-order valence-corrected chi connectivity index (χ3v) is 2.94. The molecule has 0 aliphatic carbocycles. The Labute approximate surface area is 95.6 Å². The molecule has 0 amide bonds. The van der Waals surface area contributed by atoms with Gasteiger partial charge in [-0.25, -0.2) is 0 Å². The van der Waals surface area contributed by atoms with Crippen LogP contribution in [0.5, 0.6) is 0 Å². The van der Waals surface area contributed by atoms with Crippen LogP contribution in [0.2, 0.25) is 5.02 Å². The molecule has 0 spiro atoms. The molecule has 0 radical (unpaired) electrons. The smallest absolute Gasteiger partial charge is 0.153 e. The Morgan fingerprint density at radius 1 is 1.53 bits per heavy atom. The van der Waals surface area contributed by atoms with E-state index in [0.717, 1.165) is 16.1 Å². The maximum Gasteiger partial charge on any atom is 0.153 e. The molecule has 3 heteroatoms. The summed E-state index contributed by atoms with van der Waals surface area (Å²) in [6, 6.07) is 5.60. The van der Waals surface area contributed by atoms with Crippen LogP contribution in [0.15, 0.2) is 18.2 Å². The summed E-state index contributed by atoms with van der Waals surface area (Å²) in [6.07, 6.45) is 0.458. The van der Waals surface area contributed by atoms with E-state index < -0.39 is 0 Å². The highest BCUT2D eigenvalue weighted by atomic mass is 35.5. The second kappa shape index (κ2) is 5.29. The molecule has 15 heavy (non-hydrogen) atoms. The summed E-state index contributed by atoms with van der Waals surface area (Å²) in [5.74, 6) is 0.194. The number of benzene rings is 1. The largest absolute Gasteiger partial charge is 0.311 e. The number of hydrogen-bond acceptors (Lipinski definition) is 2. The zero-order valence-electron chi connectivity index (χ0n) is 9.30. The van der Waals surface area contributed by atoms with Crippen LogP contribution < -0.4 is 5.32 Å². The number of carbonyl (C=O) groups excluding carboxylic acids is 1. The Morgan fingerprint density at radius 3 is 2.73 bits per heavy atom. The molecule has 0 aliphatic rings. The lowest BCUT2D eigenvalue weighted by Crippen LogP contribution is -2.31. The van der Waals surface area contributed by atoms with Crippen molar-refractivity contribution in [1.82, 2.24) is 5.32 Å². The molecule has 0 bridgehead atoms. The standard InChI is InChI=1S/C12H16ClNO/c1-8-6-10(4-5-11(8)13)7-12(15)9(2)14-3/h4-6,9,14H,7H2,1-3H3. The van der Waals surface area contributed by atoms with Crippen LogP contribution in [-0.4, -0.2) is 18.9 Å². The molecule has 1 unspecified atom stereocenters. The number of halogens is 1. The number of Topliss-reactive ketones (excluding diaryl/α,β-unsaturated/α-hetero) is 1. The maximum absolute atomic E-state index is 11.6. The number of hydrogen-bond donors (Lipinski definition) is 1. The van der Waals surface area contributed by atoms with E-state index >= 15 is 0 Å². The van der Waals surface area contributed by atoms with Crippen LogP contribution in [-0.2, 0) is 11.2 Å². The Balaban J connectivity index is 2.73. The topological polar surface area (TPSA) is 29.1 Å². The lowest BCUT2D eigenvalue weighted by atomic mass is 10.0. The van der Waals surface area contributed by atoms with Gasteiger partial charge in [0.1, 0.15) is 0 Å². The Morgan fingerprint density at radius 2 is 2.20 bits per heavy atom. The van der Waals surface area contributed by atoms with Crippen LogP contribution in [0, 0.1) is 6.92 Å². The van der Waals surface area contributed by atoms with Gasteiger partial charge in [-0.2, -0.15) is 0 Å². The number of likely N-dealkylation sites (N-methyl/N-ethyl adjacent to an activating group) is 1. The van der Waals surface area contributed by atoms with Crippen molar-refractivity contribution < 1.29 is 4.79 Å². The van der Waals surface area contributed by atoms with E-state index in [1.54, 1.807) is 7.05 Å². The molecule has 1 aromatic rings. The van der Waals surface area contributed by atoms with Crippen molar-refractivity contribution in [1.29, 1.82) is 0 Å². The van der Waals surface area contributed by atoms with Gasteiger partial charge >= 0.3 is 0 Å². The first kappa shape index (κ1) is 12.2. The van der Waals surface area contributed by atoms with E-state index in [2.05, 4.69) is 5.32 Å². The predicted molar refractivity (Wildman–Crippen MR) is 63.4 cm³/mol. The summed E-state index contributed by atoms with van der Waals surface area (Å²) in [5.41, 5.74) is 2.03. The first-order valence-corrected chi connectivity index (χ1v) is 5.37. The van der Waals surface area contributed by atoms with E-state index in [9.17, 15) is 4.79 Å². The fourth-order valence-electron chi connectivity index (χ4n) is 1.33. The van der Waals surface area contributed by atoms with Gasteiger partial charge in [0, 0.05) is 11.4 Å². The van der Waals surface area contributed by atoms with Crippen LogP contribution in [0.1, 0.15) is 18.1 Å². The molecule has 0 saturated carbocycles. The van der Waals surface area contributed by atoms with E-state index in [-0.39, 0.29) is 11.8 Å². The summed E-state index contributed by atoms with van der Waals surface area (Å²) >= 11 is 5.91. The third-order valence-electron chi connectivity index (χ3n) is 2.52. The molecule has 0 aromatic heterocycles. The molecule has 0 heterocycles. The van der Waals surface area contributed by atoms with Gasteiger partial charge < -0.3 is 5.32 Å². The van der Waals surface area contributed by atoms with Crippen molar-refractivity contribution in [2.75, 3.05) is 7.05 Å². The minimum absolute atomic E-state index is 0.0963. The van der Waals surface area contributed by atoms with Gasteiger partial charge in [0.15, 0.2) is 5.78 Å². The van der Waals surface area contributed by atoms with E-state index in [4.69, 9.17) is 11.6 Å². The second-order valence-electron chi connectivity index (χ2n) is 3.74. The van der Waals surface area contributed by atoms with Crippen LogP contribution in [0.3, 0.4) is 0 Å². The Hall–Kier alpha value is -0.860. The fraction of sp³-hybridized carbons (Fsp3) is 0.417. The number of ketones is 1. The second-order valence-corrected chi connectivity index (χ2v) is 4.14. The van der Waals surface area contributed by atoms with Crippen molar-refractivity contribution in [2.24, 2.45) is 0 Å². The molecule has 1 aromatic carbocycles. The van der Waals surface area contributed by atoms with Gasteiger partial charge in [0.25, 0.3) is 0 Å². The molecular formula is C12H16ClNO. The highest BCUT2D eigenvalue weighted by Gasteiger charge is 2.11. The predicted octanol–water partition coefficient (Wildman–Crippen LogP) is 2.37. The van der Waals surface area contributed by atoms with Crippen molar-refractivity contribution in [3.8, 4) is 0 Å². The summed E-state index contributed by atoms with van der Waals surface area (Å²) in [7, 11) is 1.79. The molecule has 0 aliphatic heterocycles. The molecule has 82 valence electrons. The highest BCUT2D eigenvalue weighted by molar-refractivity contribution is 6.31. The zero-order chi connectivity index (χ0) is 11.4. The molecule has 0 saturated heterocycles. The molecule has 1 N–H and O–H groups in total. The van der Waals surface area contributed by atoms with Crippen LogP contribution in [0.4, 0.5) is 0 Å². The number of rotatable bonds is 4. The fourth-order valence-corrected chi connectivity index (χ4v) is 1.45. The van der Waals surface area contributed by atoms with E-state index in [1.165, 1.54) is 0 Å². The van der Waals surface area contributed by atoms with E-state index in [1.807, 2.05) is 32.0 Å². The monoisotopic (exact) mass is 225 g/mol. The lowest BCUT2D eigenvalue weighted by Gasteiger charge is -2.09. The molecule has 1 rings (SSSR count). The minimum atomic E-state index is -0.0963. The summed E-state index contributed by atoms with van der Waals surface area (Å²) in [6.45, 7) is 3.81. The lowest BCUT2D eigenvalue weighted by molar-refractivity contribution is -0.119. The SMILES string of the molecule is CNC(C)C(=O)Cc1ccc(Cl)c(C)c1. The first-order chi connectivity index (χ1) is 7.04. The third kappa shape index (κ3) is 3.33. The number of aryl methyl sites for hydroxylation is 1. The van der Waals surface area contributed by atoms with E-state index in [0.29, 0.717) is 6.42 Å². The minimum Gasteiger partial charge on any atom is -0.311 e. The highest BCUT2D eigenvalue weighted by Crippen LogP contribution is 2.16. The first-order valence-electron chi connectivity index (χ1n) is 4.99. The average molecular weight is 226 g/mol. The Bertz CT molecular complexity index is 363. The van der Waals surface area contributed by atoms with Crippen LogP contribution >= 0.6 is 11.6 Å². The van der Waals surface area contributed by atoms with Crippen molar-refractivity contribution >= 4 is 17.4 Å². The van der Waals surface area contributed by atoms with Gasteiger partial charge in [-0.15, -0.1) is 0 Å². The Kier molecular flexibility index (Phi) is 4.30. The van der Waals surface area contributed by atoms with Gasteiger partial charge in [-0.05, 0) is 38.1 Å². The number of carbonyl (C=O) groups is 1. The molecule has 2 nitrogen and oxygen atoms in total. The molecule has 1 atom stereocenters. The molecule has 0 fully saturated rings. The molecular weight excluding hydrogens is 210 g/mol. The number of nitrogens with one attached hydrogen (secondary N) is 1. The summed E-state index contributed by atoms with van der Waals surface area (Å²) in [4.78, 5) is 11.6. The van der Waals surface area contributed by atoms with Gasteiger partial charge in [-0.3, -0.25) is 4.79 Å². The van der Waals surface area contributed by atoms with Crippen LogP contribution in [0.25, 0.3) is 0 Å². The quantitative estimate of drug-likeness (QED) is 0.853. The van der Waals surface area contributed by atoms with Gasteiger partial charge in [0.2, 0.25) is 0 Å².